The normalized spacial score (nSPS) is 14.4. The van der Waals surface area contributed by atoms with Gasteiger partial charge in [-0.1, -0.05) is 67.6 Å². The molecule has 1 aliphatic carbocycles. The molecule has 3 nitrogen and oxygen atoms in total. The van der Waals surface area contributed by atoms with E-state index >= 15 is 0 Å². The van der Waals surface area contributed by atoms with Crippen LogP contribution in [0, 0.1) is 5.41 Å². The molecule has 0 atom stereocenters. The summed E-state index contributed by atoms with van der Waals surface area (Å²) in [6.45, 7) is 6.64. The average molecular weight is 450 g/mol. The molecule has 5 heteroatoms. The van der Waals surface area contributed by atoms with Gasteiger partial charge >= 0.3 is 0 Å². The van der Waals surface area contributed by atoms with Gasteiger partial charge in [-0.15, -0.1) is 0 Å². The van der Waals surface area contributed by atoms with E-state index in [0.717, 1.165) is 33.9 Å². The van der Waals surface area contributed by atoms with Crippen LogP contribution in [0.5, 0.6) is 0 Å². The van der Waals surface area contributed by atoms with E-state index in [1.807, 2.05) is 12.3 Å². The standard InChI is InChI=1S/C26H28ClN3S/c1-3-12-26(15-19-6-4-5-7-20(19)16-26)13-10-18(2)22-9-8-21(17-30-22)31-23-11-14-29-25(28)24(23)27/h4-9,11,14,17H,2-3,10,12-13,15-16H2,1H3,(H2,28,29). The number of benzene rings is 1. The Bertz CT molecular complexity index is 1050. The molecule has 0 aliphatic heterocycles. The number of nitrogens with zero attached hydrogens (tertiary/aromatic N) is 2. The number of hydrogen-bond donors (Lipinski definition) is 1. The number of allylic oxidation sites excluding steroid dienone is 1. The smallest absolute Gasteiger partial charge is 0.143 e. The van der Waals surface area contributed by atoms with Crippen LogP contribution >= 0.6 is 23.4 Å². The van der Waals surface area contributed by atoms with Gasteiger partial charge in [0.1, 0.15) is 5.82 Å². The van der Waals surface area contributed by atoms with Gasteiger partial charge in [0.2, 0.25) is 0 Å². The van der Waals surface area contributed by atoms with Crippen molar-refractivity contribution in [2.45, 2.75) is 55.2 Å². The second-order valence-corrected chi connectivity index (χ2v) is 9.96. The molecule has 0 radical (unpaired) electrons. The summed E-state index contributed by atoms with van der Waals surface area (Å²) in [5.74, 6) is 0.347. The molecule has 0 unspecified atom stereocenters. The van der Waals surface area contributed by atoms with Gasteiger partial charge in [0, 0.05) is 22.2 Å². The number of hydrogen-bond acceptors (Lipinski definition) is 4. The lowest BCUT2D eigenvalue weighted by Gasteiger charge is -2.29. The van der Waals surface area contributed by atoms with Crippen molar-refractivity contribution >= 4 is 34.8 Å². The SMILES string of the molecule is C=C(CCC1(CCC)Cc2ccccc2C1)c1ccc(Sc2ccnc(N)c2Cl)cn1. The maximum atomic E-state index is 6.26. The molecule has 3 aromatic rings. The Hall–Kier alpha value is -2.30. The van der Waals surface area contributed by atoms with Gasteiger partial charge in [0.25, 0.3) is 0 Å². The van der Waals surface area contributed by atoms with E-state index < -0.39 is 0 Å². The van der Waals surface area contributed by atoms with Crippen LogP contribution in [-0.4, -0.2) is 9.97 Å². The monoisotopic (exact) mass is 449 g/mol. The molecule has 2 heterocycles. The van der Waals surface area contributed by atoms with Crippen molar-refractivity contribution in [1.29, 1.82) is 0 Å². The minimum atomic E-state index is 0.347. The van der Waals surface area contributed by atoms with Gasteiger partial charge < -0.3 is 5.73 Å². The Balaban J connectivity index is 1.40. The van der Waals surface area contributed by atoms with Crippen LogP contribution in [-0.2, 0) is 12.8 Å². The summed E-state index contributed by atoms with van der Waals surface area (Å²) in [6.07, 6.45) is 10.5. The summed E-state index contributed by atoms with van der Waals surface area (Å²) in [5.41, 5.74) is 11.3. The van der Waals surface area contributed by atoms with E-state index in [-0.39, 0.29) is 0 Å². The third-order valence-electron chi connectivity index (χ3n) is 6.19. The highest BCUT2D eigenvalue weighted by molar-refractivity contribution is 7.99. The Morgan fingerprint density at radius 3 is 2.48 bits per heavy atom. The largest absolute Gasteiger partial charge is 0.382 e. The fourth-order valence-corrected chi connectivity index (χ4v) is 5.67. The summed E-state index contributed by atoms with van der Waals surface area (Å²) >= 11 is 7.80. The zero-order valence-electron chi connectivity index (χ0n) is 17.9. The number of aromatic nitrogens is 2. The molecule has 2 N–H and O–H groups in total. The van der Waals surface area contributed by atoms with Crippen molar-refractivity contribution in [2.24, 2.45) is 5.41 Å². The maximum Gasteiger partial charge on any atom is 0.143 e. The lowest BCUT2D eigenvalue weighted by atomic mass is 9.75. The van der Waals surface area contributed by atoms with Crippen LogP contribution in [0.1, 0.15) is 49.4 Å². The molecule has 31 heavy (non-hydrogen) atoms. The van der Waals surface area contributed by atoms with E-state index in [4.69, 9.17) is 17.3 Å². The number of pyridine rings is 2. The number of nitrogen functional groups attached to an aromatic ring is 1. The molecule has 0 amide bonds. The van der Waals surface area contributed by atoms with Crippen LogP contribution in [0.25, 0.3) is 5.57 Å². The van der Waals surface area contributed by atoms with E-state index in [2.05, 4.69) is 59.9 Å². The molecule has 0 saturated heterocycles. The molecule has 0 bridgehead atoms. The number of halogens is 1. The highest BCUT2D eigenvalue weighted by atomic mass is 35.5. The summed E-state index contributed by atoms with van der Waals surface area (Å²) in [7, 11) is 0. The van der Waals surface area contributed by atoms with Crippen molar-refractivity contribution in [1.82, 2.24) is 9.97 Å². The first-order chi connectivity index (χ1) is 15.0. The first-order valence-electron chi connectivity index (χ1n) is 10.8. The number of fused-ring (bicyclic) bond motifs is 1. The second kappa shape index (κ2) is 9.46. The Morgan fingerprint density at radius 1 is 1.10 bits per heavy atom. The van der Waals surface area contributed by atoms with Crippen molar-refractivity contribution < 1.29 is 0 Å². The molecule has 4 rings (SSSR count). The first kappa shape index (κ1) is 21.9. The van der Waals surface area contributed by atoms with Crippen molar-refractivity contribution in [3.63, 3.8) is 0 Å². The van der Waals surface area contributed by atoms with Crippen LogP contribution < -0.4 is 5.73 Å². The lowest BCUT2D eigenvalue weighted by Crippen LogP contribution is -2.21. The molecule has 0 spiro atoms. The molecule has 0 fully saturated rings. The Labute approximate surface area is 194 Å². The lowest BCUT2D eigenvalue weighted by molar-refractivity contribution is 0.256. The van der Waals surface area contributed by atoms with E-state index in [0.29, 0.717) is 16.3 Å². The van der Waals surface area contributed by atoms with Crippen LogP contribution in [0.3, 0.4) is 0 Å². The fraction of sp³-hybridized carbons (Fsp3) is 0.308. The van der Waals surface area contributed by atoms with Crippen LogP contribution in [0.4, 0.5) is 5.82 Å². The zero-order chi connectivity index (χ0) is 21.8. The second-order valence-electron chi connectivity index (χ2n) is 8.47. The predicted molar refractivity (Wildman–Crippen MR) is 131 cm³/mol. The summed E-state index contributed by atoms with van der Waals surface area (Å²) in [6, 6.07) is 14.9. The quantitative estimate of drug-likeness (QED) is 0.393. The Kier molecular flexibility index (Phi) is 6.68. The zero-order valence-corrected chi connectivity index (χ0v) is 19.5. The molecule has 1 aliphatic rings. The number of nitrogens with two attached hydrogens (primary N) is 1. The molecule has 2 aromatic heterocycles. The summed E-state index contributed by atoms with van der Waals surface area (Å²) in [4.78, 5) is 10.6. The molecular formula is C26H28ClN3S. The third kappa shape index (κ3) is 4.97. The highest BCUT2D eigenvalue weighted by Crippen LogP contribution is 2.45. The van der Waals surface area contributed by atoms with Crippen LogP contribution in [0.2, 0.25) is 5.02 Å². The van der Waals surface area contributed by atoms with E-state index in [1.165, 1.54) is 48.6 Å². The van der Waals surface area contributed by atoms with Gasteiger partial charge in [0.05, 0.1) is 10.7 Å². The number of rotatable bonds is 8. The van der Waals surface area contributed by atoms with Gasteiger partial charge in [-0.25, -0.2) is 4.98 Å². The number of anilines is 1. The minimum Gasteiger partial charge on any atom is -0.382 e. The van der Waals surface area contributed by atoms with Gasteiger partial charge in [-0.05, 0) is 72.4 Å². The van der Waals surface area contributed by atoms with Crippen molar-refractivity contribution in [3.8, 4) is 0 Å². The predicted octanol–water partition coefficient (Wildman–Crippen LogP) is 7.24. The van der Waals surface area contributed by atoms with Gasteiger partial charge in [-0.3, -0.25) is 4.98 Å². The van der Waals surface area contributed by atoms with E-state index in [9.17, 15) is 0 Å². The van der Waals surface area contributed by atoms with Gasteiger partial charge in [0.15, 0.2) is 0 Å². The highest BCUT2D eigenvalue weighted by Gasteiger charge is 2.35. The third-order valence-corrected chi connectivity index (χ3v) is 7.74. The Morgan fingerprint density at radius 2 is 1.84 bits per heavy atom. The topological polar surface area (TPSA) is 51.8 Å². The fourth-order valence-electron chi connectivity index (χ4n) is 4.62. The van der Waals surface area contributed by atoms with Crippen molar-refractivity contribution in [3.05, 3.63) is 83.3 Å². The molecular weight excluding hydrogens is 422 g/mol. The van der Waals surface area contributed by atoms with E-state index in [1.54, 1.807) is 6.20 Å². The summed E-state index contributed by atoms with van der Waals surface area (Å²) in [5, 5.41) is 0.486. The van der Waals surface area contributed by atoms with Gasteiger partial charge in [-0.2, -0.15) is 0 Å². The minimum absolute atomic E-state index is 0.347. The van der Waals surface area contributed by atoms with Crippen LogP contribution in [0.15, 0.2) is 71.2 Å². The molecule has 0 saturated carbocycles. The maximum absolute atomic E-state index is 6.26. The summed E-state index contributed by atoms with van der Waals surface area (Å²) < 4.78 is 0. The average Bonchev–Trinajstić information content (AvgIpc) is 3.14. The first-order valence-corrected chi connectivity index (χ1v) is 12.0. The van der Waals surface area contributed by atoms with Crippen molar-refractivity contribution in [2.75, 3.05) is 5.73 Å². The molecule has 1 aromatic carbocycles. The molecule has 160 valence electrons.